The lowest BCUT2D eigenvalue weighted by Crippen LogP contribution is -2.51. The Kier molecular flexibility index (Phi) is 8.32. The predicted octanol–water partition coefficient (Wildman–Crippen LogP) is 8.08. The summed E-state index contributed by atoms with van der Waals surface area (Å²) in [4.78, 5) is 7.65. The molecule has 1 aromatic heterocycles. The van der Waals surface area contributed by atoms with Crippen molar-refractivity contribution in [3.63, 3.8) is 0 Å². The molecule has 3 unspecified atom stereocenters. The molecule has 0 aliphatic carbocycles. The van der Waals surface area contributed by atoms with Gasteiger partial charge >= 0.3 is 0 Å². The molecular formula is C32H40Cl2N2O2Si. The van der Waals surface area contributed by atoms with Crippen molar-refractivity contribution < 1.29 is 9.53 Å². The van der Waals surface area contributed by atoms with Crippen LogP contribution in [0, 0.1) is 5.41 Å². The molecule has 3 aromatic rings. The molecule has 1 N–H and O–H groups in total. The van der Waals surface area contributed by atoms with Gasteiger partial charge in [0.25, 0.3) is 0 Å². The molecule has 2 aromatic carbocycles. The van der Waals surface area contributed by atoms with Gasteiger partial charge in [0.2, 0.25) is 0 Å². The zero-order chi connectivity index (χ0) is 27.9. The molecule has 4 nitrogen and oxygen atoms in total. The number of pyridine rings is 1. The van der Waals surface area contributed by atoms with Gasteiger partial charge in [-0.15, -0.1) is 0 Å². The van der Waals surface area contributed by atoms with E-state index in [1.165, 1.54) is 0 Å². The van der Waals surface area contributed by atoms with Gasteiger partial charge in [0.05, 0.1) is 23.5 Å². The minimum absolute atomic E-state index is 0.0802. The molecule has 2 aliphatic heterocycles. The van der Waals surface area contributed by atoms with E-state index < -0.39 is 14.6 Å². The predicted molar refractivity (Wildman–Crippen MR) is 163 cm³/mol. The first-order chi connectivity index (χ1) is 18.5. The number of aliphatic hydroxyl groups is 1. The third-order valence-corrected chi connectivity index (χ3v) is 9.74. The molecule has 0 radical (unpaired) electrons. The van der Waals surface area contributed by atoms with Crippen molar-refractivity contribution in [3.8, 4) is 0 Å². The average molecular weight is 584 g/mol. The monoisotopic (exact) mass is 582 g/mol. The number of hydrogen-bond acceptors (Lipinski definition) is 4. The van der Waals surface area contributed by atoms with Crippen LogP contribution in [0.3, 0.4) is 0 Å². The average Bonchev–Trinajstić information content (AvgIpc) is 3.14. The van der Waals surface area contributed by atoms with Gasteiger partial charge in [-0.25, -0.2) is 0 Å². The van der Waals surface area contributed by atoms with Gasteiger partial charge in [-0.2, -0.15) is 0 Å². The van der Waals surface area contributed by atoms with Gasteiger partial charge in [0, 0.05) is 22.1 Å². The van der Waals surface area contributed by atoms with Gasteiger partial charge in [0.15, 0.2) is 9.04 Å². The molecule has 2 fully saturated rings. The van der Waals surface area contributed by atoms with E-state index in [2.05, 4.69) is 50.9 Å². The lowest BCUT2D eigenvalue weighted by molar-refractivity contribution is -0.0688. The van der Waals surface area contributed by atoms with Gasteiger partial charge < -0.3 is 9.53 Å². The highest BCUT2D eigenvalue weighted by Gasteiger charge is 2.52. The number of halogens is 2. The smallest absolute Gasteiger partial charge is 0.171 e. The van der Waals surface area contributed by atoms with E-state index in [1.807, 2.05) is 54.6 Å². The molecular weight excluding hydrogens is 543 g/mol. The Balaban J connectivity index is 1.50. The summed E-state index contributed by atoms with van der Waals surface area (Å²) < 4.78 is 6.46. The fraction of sp³-hybridized carbons (Fsp3) is 0.469. The Morgan fingerprint density at radius 3 is 1.92 bits per heavy atom. The quantitative estimate of drug-likeness (QED) is 0.286. The number of benzene rings is 2. The van der Waals surface area contributed by atoms with Crippen LogP contribution >= 0.6 is 23.2 Å². The summed E-state index contributed by atoms with van der Waals surface area (Å²) in [5, 5.41) is 13.7. The number of hydrogen-bond donors (Lipinski definition) is 1. The highest BCUT2D eigenvalue weighted by Crippen LogP contribution is 2.51. The summed E-state index contributed by atoms with van der Waals surface area (Å²) in [5.74, 6) is 0. The Bertz CT molecular complexity index is 1250. The largest absolute Gasteiger partial charge is 0.412 e. The van der Waals surface area contributed by atoms with E-state index in [9.17, 15) is 5.11 Å². The summed E-state index contributed by atoms with van der Waals surface area (Å²) in [5.41, 5.74) is 2.68. The van der Waals surface area contributed by atoms with E-state index in [-0.39, 0.29) is 29.6 Å². The highest BCUT2D eigenvalue weighted by atomic mass is 35.5. The minimum atomic E-state index is -1.29. The zero-order valence-electron chi connectivity index (χ0n) is 23.6. The summed E-state index contributed by atoms with van der Waals surface area (Å²) >= 11 is 13.6. The molecule has 208 valence electrons. The maximum atomic E-state index is 12.2. The van der Waals surface area contributed by atoms with Crippen LogP contribution in [0.4, 0.5) is 0 Å². The normalized spacial score (nSPS) is 24.5. The molecule has 39 heavy (non-hydrogen) atoms. The second-order valence-corrected chi connectivity index (χ2v) is 15.8. The van der Waals surface area contributed by atoms with E-state index in [4.69, 9.17) is 32.6 Å². The summed E-state index contributed by atoms with van der Waals surface area (Å²) in [7, 11) is -1.29. The molecule has 2 bridgehead atoms. The second kappa shape index (κ2) is 11.3. The molecule has 7 heteroatoms. The summed E-state index contributed by atoms with van der Waals surface area (Å²) in [6.45, 7) is 11.0. The highest BCUT2D eigenvalue weighted by molar-refractivity contribution is 6.48. The first-order valence-electron chi connectivity index (χ1n) is 14.1. The summed E-state index contributed by atoms with van der Waals surface area (Å²) in [6, 6.07) is 22.5. The lowest BCUT2D eigenvalue weighted by atomic mass is 9.80. The molecule has 2 aliphatic rings. The van der Waals surface area contributed by atoms with Crippen LogP contribution < -0.4 is 0 Å². The fourth-order valence-corrected chi connectivity index (χ4v) is 8.19. The third kappa shape index (κ3) is 5.86. The van der Waals surface area contributed by atoms with Crippen LogP contribution in [-0.4, -0.2) is 36.1 Å². The molecule has 5 rings (SSSR count). The number of aromatic nitrogens is 1. The van der Waals surface area contributed by atoms with Gasteiger partial charge in [-0.1, -0.05) is 86.4 Å². The van der Waals surface area contributed by atoms with Gasteiger partial charge in [0.1, 0.15) is 5.60 Å². The topological polar surface area (TPSA) is 45.6 Å². The van der Waals surface area contributed by atoms with Crippen molar-refractivity contribution in [2.75, 3.05) is 0 Å². The van der Waals surface area contributed by atoms with Crippen LogP contribution in [0.2, 0.25) is 23.1 Å². The Morgan fingerprint density at radius 1 is 0.897 bits per heavy atom. The second-order valence-electron chi connectivity index (χ2n) is 12.6. The Hall–Kier alpha value is -1.73. The van der Waals surface area contributed by atoms with Crippen LogP contribution in [-0.2, 0) is 10.0 Å². The van der Waals surface area contributed by atoms with Crippen molar-refractivity contribution in [1.82, 2.24) is 9.88 Å². The van der Waals surface area contributed by atoms with E-state index >= 15 is 0 Å². The van der Waals surface area contributed by atoms with Crippen molar-refractivity contribution in [2.24, 2.45) is 5.41 Å². The molecule has 3 heterocycles. The first-order valence-corrected chi connectivity index (χ1v) is 17.6. The number of nitrogens with zero attached hydrogens (tertiary/aromatic N) is 2. The standard InChI is InChI=1S/C32H40Cl2N2O2Si/c1-31(2,3)30(38-39(4)5)27-15-10-16-28(35-27)32(37)19-21-17-18-22(20-32)36(21)29(23-11-6-8-13-25(23)33)24-12-7-9-14-26(24)34/h6-16,21-22,29-30,37,39H,17-20H2,1-5H3. The Labute approximate surface area is 245 Å². The van der Waals surface area contributed by atoms with Crippen molar-refractivity contribution in [2.45, 2.75) is 89.4 Å². The first kappa shape index (κ1) is 28.8. The molecule has 3 atom stereocenters. The van der Waals surface area contributed by atoms with E-state index in [1.54, 1.807) is 0 Å². The van der Waals surface area contributed by atoms with Crippen LogP contribution in [0.15, 0.2) is 66.7 Å². The fourth-order valence-electron chi connectivity index (χ4n) is 6.62. The van der Waals surface area contributed by atoms with Crippen LogP contribution in [0.25, 0.3) is 0 Å². The van der Waals surface area contributed by atoms with Crippen molar-refractivity contribution in [1.29, 1.82) is 0 Å². The Morgan fingerprint density at radius 2 is 1.44 bits per heavy atom. The number of rotatable bonds is 7. The number of fused-ring (bicyclic) bond motifs is 2. The van der Waals surface area contributed by atoms with Crippen LogP contribution in [0.1, 0.15) is 81.1 Å². The molecule has 0 amide bonds. The zero-order valence-corrected chi connectivity index (χ0v) is 26.2. The third-order valence-electron chi connectivity index (χ3n) is 8.23. The van der Waals surface area contributed by atoms with Crippen molar-refractivity contribution in [3.05, 3.63) is 99.3 Å². The van der Waals surface area contributed by atoms with Crippen molar-refractivity contribution >= 4 is 32.2 Å². The van der Waals surface area contributed by atoms with Gasteiger partial charge in [-0.05, 0) is 79.6 Å². The van der Waals surface area contributed by atoms with E-state index in [0.29, 0.717) is 12.8 Å². The SMILES string of the molecule is C[SiH](C)OC(c1cccc(C2(O)CC3CCC(C2)N3C(c2ccccc2Cl)c2ccccc2Cl)n1)C(C)(C)C. The van der Waals surface area contributed by atoms with E-state index in [0.717, 1.165) is 45.4 Å². The summed E-state index contributed by atoms with van der Waals surface area (Å²) in [6.07, 6.45) is 3.17. The molecule has 0 spiro atoms. The van der Waals surface area contributed by atoms with Crippen LogP contribution in [0.5, 0.6) is 0 Å². The van der Waals surface area contributed by atoms with Gasteiger partial charge in [-0.3, -0.25) is 9.88 Å². The maximum Gasteiger partial charge on any atom is 0.171 e. The molecule has 2 saturated heterocycles. The minimum Gasteiger partial charge on any atom is -0.412 e. The molecule has 0 saturated carbocycles. The number of piperidine rings is 1. The maximum absolute atomic E-state index is 12.2. The lowest BCUT2D eigenvalue weighted by Gasteiger charge is -2.47.